The van der Waals surface area contributed by atoms with Crippen molar-refractivity contribution < 1.29 is 0 Å². The number of hydrogen-bond acceptors (Lipinski definition) is 2. The topological polar surface area (TPSA) is 26.3 Å². The molecule has 0 radical (unpaired) electrons. The molecule has 4 fully saturated rings. The molecule has 0 aromatic rings. The van der Waals surface area contributed by atoms with Gasteiger partial charge in [-0.25, -0.2) is 0 Å². The molecule has 5 unspecified atom stereocenters. The maximum Gasteiger partial charge on any atom is 0.00678 e. The Hall–Kier alpha value is -0.0800. The normalized spacial score (nSPS) is 44.2. The molecule has 0 saturated heterocycles. The monoisotopic (exact) mass is 346 g/mol. The lowest BCUT2D eigenvalue weighted by molar-refractivity contribution is -0.0663. The molecule has 144 valence electrons. The summed E-state index contributed by atoms with van der Waals surface area (Å²) in [6.07, 6.45) is 19.6. The zero-order chi connectivity index (χ0) is 17.4. The van der Waals surface area contributed by atoms with Crippen LogP contribution < -0.4 is 0 Å². The van der Waals surface area contributed by atoms with Crippen LogP contribution in [0.3, 0.4) is 0 Å². The van der Waals surface area contributed by atoms with Crippen LogP contribution >= 0.6 is 0 Å². The Morgan fingerprint density at radius 3 is 1.80 bits per heavy atom. The van der Waals surface area contributed by atoms with Gasteiger partial charge < -0.3 is 10.3 Å². The second-order valence-electron chi connectivity index (χ2n) is 10.1. The molecule has 0 N–H and O–H groups in total. The molecule has 0 heterocycles. The lowest BCUT2D eigenvalue weighted by atomic mass is 9.57. The van der Waals surface area contributed by atoms with Crippen molar-refractivity contribution in [3.63, 3.8) is 0 Å². The van der Waals surface area contributed by atoms with Gasteiger partial charge in [0.2, 0.25) is 0 Å². The third-order valence-corrected chi connectivity index (χ3v) is 8.69. The zero-order valence-electron chi connectivity index (χ0n) is 16.7. The van der Waals surface area contributed by atoms with Gasteiger partial charge in [0, 0.05) is 6.04 Å². The Morgan fingerprint density at radius 2 is 1.28 bits per heavy atom. The molecule has 2 nitrogen and oxygen atoms in total. The molecule has 0 aliphatic heterocycles. The number of nitrogens with zero attached hydrogens (tertiary/aromatic N) is 1. The quantitative estimate of drug-likeness (QED) is 0.543. The predicted molar refractivity (Wildman–Crippen MR) is 105 cm³/mol. The summed E-state index contributed by atoms with van der Waals surface area (Å²) in [6, 6.07) is 0.746. The van der Waals surface area contributed by atoms with Gasteiger partial charge >= 0.3 is 0 Å². The summed E-state index contributed by atoms with van der Waals surface area (Å²) in [5.74, 6) is 3.19. The van der Waals surface area contributed by atoms with E-state index in [0.29, 0.717) is 23.4 Å². The Balaban J connectivity index is 1.39. The molecule has 0 aromatic carbocycles. The van der Waals surface area contributed by atoms with Crippen molar-refractivity contribution in [1.29, 1.82) is 0 Å². The molecular weight excluding hydrogens is 306 g/mol. The number of hydroxylamine groups is 2. The van der Waals surface area contributed by atoms with Crippen LogP contribution in [0.5, 0.6) is 0 Å². The Labute approximate surface area is 155 Å². The first-order valence-corrected chi connectivity index (χ1v) is 11.6. The minimum Gasteiger partial charge on any atom is -0.785 e. The fourth-order valence-corrected chi connectivity index (χ4v) is 6.82. The van der Waals surface area contributed by atoms with Gasteiger partial charge in [0.25, 0.3) is 0 Å². The summed E-state index contributed by atoms with van der Waals surface area (Å²) in [5.41, 5.74) is 0.422. The highest BCUT2D eigenvalue weighted by atomic mass is 16.5. The van der Waals surface area contributed by atoms with Crippen LogP contribution in [-0.2, 0) is 0 Å². The zero-order valence-corrected chi connectivity index (χ0v) is 16.7. The van der Waals surface area contributed by atoms with E-state index in [2.05, 4.69) is 13.8 Å². The minimum atomic E-state index is 0.362. The molecule has 4 rings (SSSR count). The van der Waals surface area contributed by atoms with Crippen molar-refractivity contribution in [3.8, 4) is 0 Å². The van der Waals surface area contributed by atoms with E-state index in [-0.39, 0.29) is 0 Å². The standard InChI is InChI=1S/C23H40NO/c1-17-18(2)23(22(17)24(25)20-14-15-20)16-21(23)19-12-10-8-6-4-3-5-7-9-11-13-19/h17-22H,3-16H2,1-2H3/q-1. The number of rotatable bonds is 3. The average molecular weight is 347 g/mol. The smallest absolute Gasteiger partial charge is 0.00678 e. The fourth-order valence-electron chi connectivity index (χ4n) is 6.82. The molecule has 5 atom stereocenters. The van der Waals surface area contributed by atoms with Crippen LogP contribution in [0.2, 0.25) is 0 Å². The van der Waals surface area contributed by atoms with Crippen LogP contribution in [0, 0.1) is 34.3 Å². The number of hydrogen-bond donors (Lipinski definition) is 0. The molecule has 1 spiro atoms. The maximum absolute atomic E-state index is 12.9. The fraction of sp³-hybridized carbons (Fsp3) is 1.00. The van der Waals surface area contributed by atoms with Gasteiger partial charge in [-0.3, -0.25) is 0 Å². The van der Waals surface area contributed by atoms with Crippen LogP contribution in [0.4, 0.5) is 0 Å². The van der Waals surface area contributed by atoms with E-state index < -0.39 is 0 Å². The second-order valence-corrected chi connectivity index (χ2v) is 10.1. The van der Waals surface area contributed by atoms with Crippen LogP contribution in [-0.4, -0.2) is 17.1 Å². The molecule has 0 amide bonds. The molecule has 4 aliphatic rings. The minimum absolute atomic E-state index is 0.362. The maximum atomic E-state index is 12.9. The largest absolute Gasteiger partial charge is 0.785 e. The molecule has 25 heavy (non-hydrogen) atoms. The van der Waals surface area contributed by atoms with E-state index >= 15 is 0 Å². The van der Waals surface area contributed by atoms with Crippen molar-refractivity contribution >= 4 is 0 Å². The van der Waals surface area contributed by atoms with Crippen LogP contribution in [0.25, 0.3) is 0 Å². The molecule has 2 heteroatoms. The van der Waals surface area contributed by atoms with Gasteiger partial charge in [0.15, 0.2) is 0 Å². The first-order chi connectivity index (χ1) is 12.2. The molecular formula is C23H40NO-. The van der Waals surface area contributed by atoms with Crippen LogP contribution in [0.15, 0.2) is 0 Å². The summed E-state index contributed by atoms with van der Waals surface area (Å²) >= 11 is 0. The van der Waals surface area contributed by atoms with Crippen molar-refractivity contribution in [1.82, 2.24) is 5.06 Å². The third kappa shape index (κ3) is 3.43. The third-order valence-electron chi connectivity index (χ3n) is 8.69. The highest BCUT2D eigenvalue weighted by molar-refractivity contribution is 5.24. The van der Waals surface area contributed by atoms with E-state index in [1.165, 1.54) is 77.0 Å². The van der Waals surface area contributed by atoms with Gasteiger partial charge in [-0.05, 0) is 54.4 Å². The Morgan fingerprint density at radius 1 is 0.760 bits per heavy atom. The van der Waals surface area contributed by atoms with E-state index in [9.17, 15) is 5.21 Å². The highest BCUT2D eigenvalue weighted by Gasteiger charge is 2.72. The molecule has 4 saturated carbocycles. The summed E-state index contributed by atoms with van der Waals surface area (Å²) in [4.78, 5) is 0. The molecule has 4 aliphatic carbocycles. The Kier molecular flexibility index (Phi) is 5.49. The molecule has 0 bridgehead atoms. The summed E-state index contributed by atoms with van der Waals surface area (Å²) in [6.45, 7) is 4.81. The predicted octanol–water partition coefficient (Wildman–Crippen LogP) is 6.53. The summed E-state index contributed by atoms with van der Waals surface area (Å²) < 4.78 is 0. The van der Waals surface area contributed by atoms with Crippen molar-refractivity contribution in [2.24, 2.45) is 29.1 Å². The van der Waals surface area contributed by atoms with E-state index in [1.807, 2.05) is 0 Å². The van der Waals surface area contributed by atoms with Gasteiger partial charge in [0.1, 0.15) is 0 Å². The van der Waals surface area contributed by atoms with Gasteiger partial charge in [-0.1, -0.05) is 84.5 Å². The Bertz CT molecular complexity index is 435. The van der Waals surface area contributed by atoms with E-state index in [4.69, 9.17) is 0 Å². The SMILES string of the molecule is CC1C(C)C2(CC2C2CCCCCCCCCCC2)C1N([O-])C1CC1. The summed E-state index contributed by atoms with van der Waals surface area (Å²) in [7, 11) is 0. The molecule has 0 aromatic heterocycles. The first kappa shape index (κ1) is 18.3. The lowest BCUT2D eigenvalue weighted by Gasteiger charge is -2.60. The van der Waals surface area contributed by atoms with Gasteiger partial charge in [-0.2, -0.15) is 0 Å². The summed E-state index contributed by atoms with van der Waals surface area (Å²) in [5, 5.41) is 14.4. The van der Waals surface area contributed by atoms with Crippen molar-refractivity contribution in [2.45, 2.75) is 116 Å². The van der Waals surface area contributed by atoms with Crippen molar-refractivity contribution in [2.75, 3.05) is 0 Å². The first-order valence-electron chi connectivity index (χ1n) is 11.6. The van der Waals surface area contributed by atoms with Crippen LogP contribution in [0.1, 0.15) is 104 Å². The van der Waals surface area contributed by atoms with E-state index in [0.717, 1.165) is 30.6 Å². The second kappa shape index (κ2) is 7.50. The van der Waals surface area contributed by atoms with Gasteiger partial charge in [0.05, 0.1) is 0 Å². The highest BCUT2D eigenvalue weighted by Crippen LogP contribution is 2.75. The van der Waals surface area contributed by atoms with Gasteiger partial charge in [-0.15, -0.1) is 0 Å². The van der Waals surface area contributed by atoms with Crippen molar-refractivity contribution in [3.05, 3.63) is 5.21 Å². The average Bonchev–Trinajstić information content (AvgIpc) is 3.49. The lowest BCUT2D eigenvalue weighted by Crippen LogP contribution is -2.60. The van der Waals surface area contributed by atoms with E-state index in [1.54, 1.807) is 5.06 Å².